The van der Waals surface area contributed by atoms with Gasteiger partial charge in [0.2, 0.25) is 0 Å². The van der Waals surface area contributed by atoms with Crippen molar-refractivity contribution in [2.75, 3.05) is 6.54 Å². The van der Waals surface area contributed by atoms with Crippen LogP contribution in [0.15, 0.2) is 19.7 Å². The Labute approximate surface area is 132 Å². The molecule has 18 heavy (non-hydrogen) atoms. The van der Waals surface area contributed by atoms with E-state index in [1.165, 1.54) is 4.88 Å². The van der Waals surface area contributed by atoms with E-state index in [4.69, 9.17) is 0 Å². The Balaban J connectivity index is 2.30. The average molecular weight is 410 g/mol. The van der Waals surface area contributed by atoms with Crippen LogP contribution in [-0.2, 0) is 0 Å². The lowest BCUT2D eigenvalue weighted by Crippen LogP contribution is -2.22. The Morgan fingerprint density at radius 3 is 2.72 bits per heavy atom. The molecule has 2 aromatic rings. The van der Waals surface area contributed by atoms with E-state index in [2.05, 4.69) is 60.5 Å². The van der Waals surface area contributed by atoms with E-state index in [9.17, 15) is 0 Å². The summed E-state index contributed by atoms with van der Waals surface area (Å²) in [6.45, 7) is 5.21. The summed E-state index contributed by atoms with van der Waals surface area (Å²) in [5, 5.41) is 6.82. The lowest BCUT2D eigenvalue weighted by atomic mass is 10.2. The van der Waals surface area contributed by atoms with Crippen molar-refractivity contribution in [1.82, 2.24) is 10.3 Å². The number of hydrogen-bond acceptors (Lipinski definition) is 4. The van der Waals surface area contributed by atoms with Crippen molar-refractivity contribution in [2.45, 2.75) is 26.3 Å². The van der Waals surface area contributed by atoms with E-state index in [-0.39, 0.29) is 6.04 Å². The Hall–Kier alpha value is 0.250. The van der Waals surface area contributed by atoms with Gasteiger partial charge in [0.25, 0.3) is 0 Å². The predicted octanol–water partition coefficient (Wildman–Crippen LogP) is 5.13. The largest absolute Gasteiger partial charge is 0.304 e. The minimum Gasteiger partial charge on any atom is -0.304 e. The lowest BCUT2D eigenvalue weighted by molar-refractivity contribution is 0.602. The van der Waals surface area contributed by atoms with Gasteiger partial charge in [-0.1, -0.05) is 6.92 Å². The van der Waals surface area contributed by atoms with Gasteiger partial charge in [0, 0.05) is 20.4 Å². The summed E-state index contributed by atoms with van der Waals surface area (Å²) in [4.78, 5) is 5.90. The first-order valence-corrected chi connectivity index (χ1v) is 9.00. The molecule has 0 saturated heterocycles. The second-order valence-electron chi connectivity index (χ2n) is 3.98. The maximum absolute atomic E-state index is 4.61. The van der Waals surface area contributed by atoms with E-state index >= 15 is 0 Å². The number of aromatic nitrogens is 1. The summed E-state index contributed by atoms with van der Waals surface area (Å²) in [6, 6.07) is 2.37. The fourth-order valence-corrected chi connectivity index (χ4v) is 4.74. The van der Waals surface area contributed by atoms with Crippen LogP contribution in [-0.4, -0.2) is 11.5 Å². The standard InChI is InChI=1S/C12H14Br2N2S2/c1-3-4-15-10(12-16-7(2)6-17-12)9-5-8(13)11(14)18-9/h5-6,10,15H,3-4H2,1-2H3. The molecule has 0 radical (unpaired) electrons. The predicted molar refractivity (Wildman–Crippen MR) is 86.7 cm³/mol. The first-order valence-electron chi connectivity index (χ1n) is 5.72. The Kier molecular flexibility index (Phi) is 5.38. The smallest absolute Gasteiger partial charge is 0.115 e. The molecule has 2 nitrogen and oxygen atoms in total. The van der Waals surface area contributed by atoms with E-state index in [1.54, 1.807) is 22.7 Å². The van der Waals surface area contributed by atoms with Crippen molar-refractivity contribution >= 4 is 54.5 Å². The number of nitrogens with one attached hydrogen (secondary N) is 1. The molecule has 2 aromatic heterocycles. The van der Waals surface area contributed by atoms with Crippen LogP contribution >= 0.6 is 54.5 Å². The van der Waals surface area contributed by atoms with E-state index in [0.29, 0.717) is 0 Å². The average Bonchev–Trinajstić information content (AvgIpc) is 2.88. The highest BCUT2D eigenvalue weighted by Gasteiger charge is 2.20. The summed E-state index contributed by atoms with van der Waals surface area (Å²) < 4.78 is 2.24. The summed E-state index contributed by atoms with van der Waals surface area (Å²) >= 11 is 10.6. The third-order valence-electron chi connectivity index (χ3n) is 2.43. The molecule has 0 aliphatic heterocycles. The molecule has 0 amide bonds. The fourth-order valence-electron chi connectivity index (χ4n) is 1.61. The van der Waals surface area contributed by atoms with Crippen LogP contribution in [0.25, 0.3) is 0 Å². The zero-order valence-corrected chi connectivity index (χ0v) is 15.0. The molecule has 1 N–H and O–H groups in total. The van der Waals surface area contributed by atoms with Crippen molar-refractivity contribution in [1.29, 1.82) is 0 Å². The zero-order valence-electron chi connectivity index (χ0n) is 10.2. The van der Waals surface area contributed by atoms with Crippen molar-refractivity contribution in [3.63, 3.8) is 0 Å². The Morgan fingerprint density at radius 1 is 1.44 bits per heavy atom. The van der Waals surface area contributed by atoms with Crippen LogP contribution in [0.3, 0.4) is 0 Å². The zero-order chi connectivity index (χ0) is 13.1. The molecule has 2 rings (SSSR count). The minimum absolute atomic E-state index is 0.205. The summed E-state index contributed by atoms with van der Waals surface area (Å²) in [5.74, 6) is 0. The molecule has 0 spiro atoms. The van der Waals surface area contributed by atoms with Gasteiger partial charge in [0.05, 0.1) is 9.83 Å². The maximum atomic E-state index is 4.61. The van der Waals surface area contributed by atoms with Crippen molar-refractivity contribution in [2.24, 2.45) is 0 Å². The molecule has 0 saturated carbocycles. The fraction of sp³-hybridized carbons (Fsp3) is 0.417. The molecule has 0 aliphatic carbocycles. The summed E-state index contributed by atoms with van der Waals surface area (Å²) in [5.41, 5.74) is 1.09. The molecule has 2 heterocycles. The molecule has 0 bridgehead atoms. The van der Waals surface area contributed by atoms with E-state index in [0.717, 1.165) is 31.9 Å². The van der Waals surface area contributed by atoms with Crippen molar-refractivity contribution in [3.05, 3.63) is 35.3 Å². The lowest BCUT2D eigenvalue weighted by Gasteiger charge is -2.14. The number of rotatable bonds is 5. The Bertz CT molecular complexity index is 502. The third kappa shape index (κ3) is 3.42. The normalized spacial score (nSPS) is 12.9. The Morgan fingerprint density at radius 2 is 2.22 bits per heavy atom. The van der Waals surface area contributed by atoms with Gasteiger partial charge in [0.1, 0.15) is 5.01 Å². The van der Waals surface area contributed by atoms with Crippen molar-refractivity contribution < 1.29 is 0 Å². The molecule has 98 valence electrons. The highest BCUT2D eigenvalue weighted by molar-refractivity contribution is 9.13. The molecule has 6 heteroatoms. The number of halogens is 2. The summed E-state index contributed by atoms with van der Waals surface area (Å²) in [6.07, 6.45) is 1.12. The van der Waals surface area contributed by atoms with E-state index in [1.807, 2.05) is 6.92 Å². The van der Waals surface area contributed by atoms with Gasteiger partial charge >= 0.3 is 0 Å². The molecule has 0 aliphatic rings. The molecule has 0 aromatic carbocycles. The number of aryl methyl sites for hydroxylation is 1. The van der Waals surface area contributed by atoms with Gasteiger partial charge in [-0.2, -0.15) is 0 Å². The molecule has 1 unspecified atom stereocenters. The van der Waals surface area contributed by atoms with Crippen LogP contribution in [0.5, 0.6) is 0 Å². The maximum Gasteiger partial charge on any atom is 0.115 e. The second kappa shape index (κ2) is 6.61. The molecule has 0 fully saturated rings. The molecular weight excluding hydrogens is 396 g/mol. The topological polar surface area (TPSA) is 24.9 Å². The van der Waals surface area contributed by atoms with Gasteiger partial charge in [0.15, 0.2) is 0 Å². The molecular formula is C12H14Br2N2S2. The van der Waals surface area contributed by atoms with Crippen LogP contribution in [0.4, 0.5) is 0 Å². The van der Waals surface area contributed by atoms with E-state index < -0.39 is 0 Å². The summed E-state index contributed by atoms with van der Waals surface area (Å²) in [7, 11) is 0. The van der Waals surface area contributed by atoms with Crippen LogP contribution in [0, 0.1) is 6.92 Å². The van der Waals surface area contributed by atoms with Gasteiger partial charge in [-0.15, -0.1) is 22.7 Å². The molecule has 1 atom stereocenters. The van der Waals surface area contributed by atoms with Gasteiger partial charge < -0.3 is 5.32 Å². The van der Waals surface area contributed by atoms with Gasteiger partial charge in [-0.25, -0.2) is 4.98 Å². The van der Waals surface area contributed by atoms with Crippen LogP contribution in [0.2, 0.25) is 0 Å². The number of nitrogens with zero attached hydrogens (tertiary/aromatic N) is 1. The second-order valence-corrected chi connectivity index (χ2v) is 8.13. The minimum atomic E-state index is 0.205. The number of thiazole rings is 1. The van der Waals surface area contributed by atoms with Crippen LogP contribution < -0.4 is 5.32 Å². The number of thiophene rings is 1. The van der Waals surface area contributed by atoms with Gasteiger partial charge in [-0.05, 0) is 57.8 Å². The SMILES string of the molecule is CCCNC(c1cc(Br)c(Br)s1)c1nc(C)cs1. The first kappa shape index (κ1) is 14.7. The third-order valence-corrected chi connectivity index (χ3v) is 6.78. The van der Waals surface area contributed by atoms with Crippen molar-refractivity contribution in [3.8, 4) is 0 Å². The highest BCUT2D eigenvalue weighted by atomic mass is 79.9. The van der Waals surface area contributed by atoms with Crippen LogP contribution in [0.1, 0.15) is 35.0 Å². The first-order chi connectivity index (χ1) is 8.61. The monoisotopic (exact) mass is 408 g/mol. The van der Waals surface area contributed by atoms with Gasteiger partial charge in [-0.3, -0.25) is 0 Å². The quantitative estimate of drug-likeness (QED) is 0.740. The highest BCUT2D eigenvalue weighted by Crippen LogP contribution is 2.38. The number of hydrogen-bond donors (Lipinski definition) is 1.